The SMILES string of the molecule is CC(C)C1=C2C3CCC4C5(C)CCC(O)C(C)(C)C5CCC4(C)C3(C)CCC2(C(=O)C(=O)NC2(c3ccc(Cl)cn3)CC2)CC1=O. The van der Waals surface area contributed by atoms with Gasteiger partial charge in [-0.05, 0) is 133 Å². The fraction of sp³-hybridized carbons (Fsp3) is 0.744. The normalized spacial score (nSPS) is 42.1. The van der Waals surface area contributed by atoms with Crippen LogP contribution in [-0.2, 0) is 19.9 Å². The molecular formula is C39H53ClN2O4. The van der Waals surface area contributed by atoms with Gasteiger partial charge in [-0.25, -0.2) is 0 Å². The van der Waals surface area contributed by atoms with Gasteiger partial charge in [0.05, 0.1) is 27.8 Å². The van der Waals surface area contributed by atoms with Crippen LogP contribution in [0.4, 0.5) is 0 Å². The number of aliphatic hydroxyl groups is 1. The number of amides is 1. The van der Waals surface area contributed by atoms with Crippen LogP contribution in [0, 0.1) is 50.7 Å². The van der Waals surface area contributed by atoms with E-state index in [2.05, 4.69) is 58.8 Å². The maximum absolute atomic E-state index is 14.6. The Kier molecular flexibility index (Phi) is 7.23. The van der Waals surface area contributed by atoms with E-state index in [1.807, 2.05) is 6.07 Å². The number of Topliss-reactive ketones (excluding diaryl/α,β-unsaturated/α-hetero) is 2. The molecule has 8 atom stereocenters. The topological polar surface area (TPSA) is 96.4 Å². The Balaban J connectivity index is 1.25. The van der Waals surface area contributed by atoms with Crippen LogP contribution in [0.5, 0.6) is 0 Å². The summed E-state index contributed by atoms with van der Waals surface area (Å²) in [6.45, 7) is 16.2. The van der Waals surface area contributed by atoms with Gasteiger partial charge in [0.25, 0.3) is 5.91 Å². The third kappa shape index (κ3) is 4.17. The zero-order valence-corrected chi connectivity index (χ0v) is 29.7. The summed E-state index contributed by atoms with van der Waals surface area (Å²) >= 11 is 6.08. The Hall–Kier alpha value is -2.05. The van der Waals surface area contributed by atoms with Crippen molar-refractivity contribution in [3.63, 3.8) is 0 Å². The summed E-state index contributed by atoms with van der Waals surface area (Å²) in [5, 5.41) is 14.7. The molecule has 2 N–H and O–H groups in total. The number of pyridine rings is 1. The molecule has 250 valence electrons. The van der Waals surface area contributed by atoms with Gasteiger partial charge >= 0.3 is 0 Å². The number of rotatable bonds is 5. The molecule has 1 aromatic heterocycles. The van der Waals surface area contributed by atoms with Gasteiger partial charge in [0, 0.05) is 12.6 Å². The van der Waals surface area contributed by atoms with E-state index < -0.39 is 22.6 Å². The summed E-state index contributed by atoms with van der Waals surface area (Å²) in [6, 6.07) is 3.60. The molecule has 0 spiro atoms. The van der Waals surface area contributed by atoms with Crippen LogP contribution in [0.15, 0.2) is 29.5 Å². The molecular weight excluding hydrogens is 596 g/mol. The highest BCUT2D eigenvalue weighted by Gasteiger charge is 2.71. The number of hydrogen-bond acceptors (Lipinski definition) is 5. The summed E-state index contributed by atoms with van der Waals surface area (Å²) < 4.78 is 0. The maximum atomic E-state index is 14.6. The fourth-order valence-corrected chi connectivity index (χ4v) is 12.7. The first-order valence-corrected chi connectivity index (χ1v) is 18.3. The molecule has 0 saturated heterocycles. The average molecular weight is 649 g/mol. The molecule has 1 heterocycles. The minimum atomic E-state index is -1.06. The zero-order chi connectivity index (χ0) is 33.2. The van der Waals surface area contributed by atoms with Crippen molar-refractivity contribution in [2.75, 3.05) is 0 Å². The number of halogens is 1. The fourth-order valence-electron chi connectivity index (χ4n) is 12.6. The molecule has 0 aliphatic heterocycles. The molecule has 6 nitrogen and oxygen atoms in total. The first-order valence-electron chi connectivity index (χ1n) is 17.9. The van der Waals surface area contributed by atoms with Crippen molar-refractivity contribution in [1.29, 1.82) is 0 Å². The largest absolute Gasteiger partial charge is 0.393 e. The lowest BCUT2D eigenvalue weighted by atomic mass is 9.33. The van der Waals surface area contributed by atoms with Gasteiger partial charge in [0.2, 0.25) is 5.78 Å². The summed E-state index contributed by atoms with van der Waals surface area (Å²) in [4.78, 5) is 47.1. The van der Waals surface area contributed by atoms with Crippen molar-refractivity contribution in [3.8, 4) is 0 Å². The predicted octanol–water partition coefficient (Wildman–Crippen LogP) is 7.75. The van der Waals surface area contributed by atoms with E-state index in [1.165, 1.54) is 0 Å². The quantitative estimate of drug-likeness (QED) is 0.318. The van der Waals surface area contributed by atoms with Crippen LogP contribution in [0.3, 0.4) is 0 Å². The standard InChI is InChI=1S/C39H53ClN2O4/c1-22(2)30-25(43)20-38(32(45)33(46)42-39(18-19-39)28-11-8-23(40)21-41-28)17-16-36(6)24(31(30)38)9-10-27-35(5)14-13-29(44)34(3,4)26(35)12-15-37(27,36)7/h8,11,21-22,24,26-27,29,44H,9-10,12-20H2,1-7H3,(H,42,46). The molecule has 7 heteroatoms. The molecule has 8 unspecified atom stereocenters. The van der Waals surface area contributed by atoms with E-state index in [4.69, 9.17) is 11.6 Å². The summed E-state index contributed by atoms with van der Waals surface area (Å²) in [7, 11) is 0. The second-order valence-electron chi connectivity index (χ2n) is 17.9. The van der Waals surface area contributed by atoms with Gasteiger partial charge in [0.15, 0.2) is 5.78 Å². The van der Waals surface area contributed by atoms with Crippen LogP contribution in [0.25, 0.3) is 0 Å². The van der Waals surface area contributed by atoms with Crippen LogP contribution >= 0.6 is 11.6 Å². The van der Waals surface area contributed by atoms with Gasteiger partial charge in [-0.2, -0.15) is 0 Å². The maximum Gasteiger partial charge on any atom is 0.289 e. The third-order valence-corrected chi connectivity index (χ3v) is 15.6. The second-order valence-corrected chi connectivity index (χ2v) is 18.3. The molecule has 5 fully saturated rings. The van der Waals surface area contributed by atoms with Gasteiger partial charge in [-0.1, -0.05) is 60.1 Å². The number of ketones is 2. The molecule has 6 aliphatic rings. The highest BCUT2D eigenvalue weighted by molar-refractivity contribution is 6.40. The summed E-state index contributed by atoms with van der Waals surface area (Å²) in [5.74, 6) is 0.123. The summed E-state index contributed by atoms with van der Waals surface area (Å²) in [6.07, 6.45) is 10.4. The second kappa shape index (κ2) is 10.2. The van der Waals surface area contributed by atoms with Crippen molar-refractivity contribution in [2.24, 2.45) is 50.7 Å². The van der Waals surface area contributed by atoms with E-state index in [1.54, 1.807) is 12.3 Å². The van der Waals surface area contributed by atoms with Crippen molar-refractivity contribution in [1.82, 2.24) is 10.3 Å². The van der Waals surface area contributed by atoms with E-state index in [9.17, 15) is 19.5 Å². The van der Waals surface area contributed by atoms with E-state index in [0.29, 0.717) is 23.3 Å². The highest BCUT2D eigenvalue weighted by Crippen LogP contribution is 2.76. The lowest BCUT2D eigenvalue weighted by Crippen LogP contribution is -2.66. The Morgan fingerprint density at radius 3 is 2.26 bits per heavy atom. The van der Waals surface area contributed by atoms with Crippen LogP contribution in [0.2, 0.25) is 5.02 Å². The third-order valence-electron chi connectivity index (χ3n) is 15.4. The number of carbonyl (C=O) groups excluding carboxylic acids is 3. The van der Waals surface area contributed by atoms with Crippen LogP contribution in [0.1, 0.15) is 125 Å². The van der Waals surface area contributed by atoms with Crippen LogP contribution in [-0.4, -0.2) is 33.7 Å². The number of nitrogens with one attached hydrogen (secondary N) is 1. The number of fused-ring (bicyclic) bond motifs is 7. The lowest BCUT2D eigenvalue weighted by Gasteiger charge is -2.72. The smallest absolute Gasteiger partial charge is 0.289 e. The lowest BCUT2D eigenvalue weighted by molar-refractivity contribution is -0.228. The molecule has 46 heavy (non-hydrogen) atoms. The molecule has 7 rings (SSSR count). The monoisotopic (exact) mass is 648 g/mol. The van der Waals surface area contributed by atoms with E-state index in [0.717, 1.165) is 74.6 Å². The molecule has 0 bridgehead atoms. The van der Waals surface area contributed by atoms with Crippen molar-refractivity contribution >= 4 is 29.1 Å². The van der Waals surface area contributed by atoms with Gasteiger partial charge in [-0.3, -0.25) is 19.4 Å². The number of aliphatic hydroxyl groups excluding tert-OH is 1. The number of carbonyl (C=O) groups is 3. The predicted molar refractivity (Wildman–Crippen MR) is 179 cm³/mol. The molecule has 0 aromatic carbocycles. The van der Waals surface area contributed by atoms with Crippen molar-refractivity contribution < 1.29 is 19.5 Å². The number of nitrogens with zero attached hydrogens (tertiary/aromatic N) is 1. The first-order chi connectivity index (χ1) is 21.5. The van der Waals surface area contributed by atoms with Gasteiger partial charge in [-0.15, -0.1) is 0 Å². The Bertz CT molecular complexity index is 1530. The molecule has 0 radical (unpaired) electrons. The molecule has 1 aromatic rings. The van der Waals surface area contributed by atoms with Crippen LogP contribution < -0.4 is 5.32 Å². The molecule has 6 aliphatic carbocycles. The van der Waals surface area contributed by atoms with Gasteiger partial charge < -0.3 is 10.4 Å². The van der Waals surface area contributed by atoms with Gasteiger partial charge in [0.1, 0.15) is 0 Å². The molecule has 1 amide bonds. The number of allylic oxidation sites excluding steroid dienone is 2. The Morgan fingerprint density at radius 2 is 1.63 bits per heavy atom. The minimum Gasteiger partial charge on any atom is -0.393 e. The van der Waals surface area contributed by atoms with Crippen molar-refractivity contribution in [3.05, 3.63) is 40.2 Å². The summed E-state index contributed by atoms with van der Waals surface area (Å²) in [5.41, 5.74) is 0.833. The van der Waals surface area contributed by atoms with E-state index >= 15 is 0 Å². The Labute approximate surface area is 279 Å². The Morgan fingerprint density at radius 1 is 0.913 bits per heavy atom. The first kappa shape index (κ1) is 32.5. The number of hydrogen-bond donors (Lipinski definition) is 2. The van der Waals surface area contributed by atoms with E-state index in [-0.39, 0.29) is 51.8 Å². The number of aromatic nitrogens is 1. The van der Waals surface area contributed by atoms with Crippen molar-refractivity contribution in [2.45, 2.75) is 131 Å². The highest BCUT2D eigenvalue weighted by atomic mass is 35.5. The average Bonchev–Trinajstić information content (AvgIpc) is 3.69. The zero-order valence-electron chi connectivity index (χ0n) is 28.9. The molecule has 5 saturated carbocycles. The minimum absolute atomic E-state index is 0.00459.